The number of imidazole rings is 1. The molecule has 2 aromatic rings. The molecule has 1 saturated heterocycles. The molecule has 4 nitrogen and oxygen atoms in total. The number of thiophene rings is 1. The average molecular weight is 235 g/mol. The number of hydrogen-bond acceptors (Lipinski definition) is 3. The summed E-state index contributed by atoms with van der Waals surface area (Å²) < 4.78 is 3.54. The van der Waals surface area contributed by atoms with Crippen molar-refractivity contribution in [1.82, 2.24) is 14.5 Å². The maximum absolute atomic E-state index is 12.2. The van der Waals surface area contributed by atoms with Crippen LogP contribution >= 0.6 is 11.3 Å². The van der Waals surface area contributed by atoms with E-state index in [1.807, 2.05) is 34.5 Å². The van der Waals surface area contributed by atoms with Crippen molar-refractivity contribution in [3.63, 3.8) is 0 Å². The maximum atomic E-state index is 12.2. The van der Waals surface area contributed by atoms with Crippen LogP contribution in [0.2, 0.25) is 0 Å². The van der Waals surface area contributed by atoms with Gasteiger partial charge in [-0.1, -0.05) is 0 Å². The summed E-state index contributed by atoms with van der Waals surface area (Å²) in [7, 11) is 0. The lowest BCUT2D eigenvalue weighted by molar-refractivity contribution is 0.527. The van der Waals surface area contributed by atoms with Gasteiger partial charge < -0.3 is 5.32 Å². The van der Waals surface area contributed by atoms with Crippen LogP contribution in [0.1, 0.15) is 12.5 Å². The first kappa shape index (κ1) is 9.86. The lowest BCUT2D eigenvalue weighted by Crippen LogP contribution is -2.27. The molecule has 16 heavy (non-hydrogen) atoms. The molecule has 5 heteroatoms. The molecule has 0 spiro atoms. The van der Waals surface area contributed by atoms with Crippen LogP contribution in [0.5, 0.6) is 0 Å². The van der Waals surface area contributed by atoms with E-state index in [4.69, 9.17) is 0 Å². The molecule has 1 N–H and O–H groups in total. The Morgan fingerprint density at radius 1 is 1.44 bits per heavy atom. The molecule has 1 aliphatic heterocycles. The molecule has 3 rings (SSSR count). The molecule has 1 unspecified atom stereocenters. The number of nitrogens with zero attached hydrogens (tertiary/aromatic N) is 2. The Morgan fingerprint density at radius 2 is 2.38 bits per heavy atom. The first-order chi connectivity index (χ1) is 7.86. The number of rotatable bonds is 2. The Balaban J connectivity index is 2.01. The monoisotopic (exact) mass is 235 g/mol. The van der Waals surface area contributed by atoms with Crippen molar-refractivity contribution in [2.45, 2.75) is 12.5 Å². The third-order valence-corrected chi connectivity index (χ3v) is 3.84. The van der Waals surface area contributed by atoms with Crippen molar-refractivity contribution in [2.24, 2.45) is 0 Å². The minimum Gasteiger partial charge on any atom is -0.315 e. The lowest BCUT2D eigenvalue weighted by atomic mass is 10.3. The average Bonchev–Trinajstić information content (AvgIpc) is 2.96. The van der Waals surface area contributed by atoms with E-state index in [1.54, 1.807) is 15.9 Å². The maximum Gasteiger partial charge on any atom is 0.333 e. The topological polar surface area (TPSA) is 39.0 Å². The zero-order valence-electron chi connectivity index (χ0n) is 8.80. The Bertz CT molecular complexity index is 520. The smallest absolute Gasteiger partial charge is 0.315 e. The van der Waals surface area contributed by atoms with Gasteiger partial charge in [-0.3, -0.25) is 9.13 Å². The van der Waals surface area contributed by atoms with E-state index in [0.717, 1.165) is 24.5 Å². The lowest BCUT2D eigenvalue weighted by Gasteiger charge is -2.07. The largest absolute Gasteiger partial charge is 0.333 e. The molecule has 0 saturated carbocycles. The number of hydrogen-bond donors (Lipinski definition) is 1. The molecule has 0 bridgehead atoms. The van der Waals surface area contributed by atoms with Gasteiger partial charge in [0.15, 0.2) is 0 Å². The molecular weight excluding hydrogens is 222 g/mol. The summed E-state index contributed by atoms with van der Waals surface area (Å²) in [5, 5.41) is 6.24. The number of aromatic nitrogens is 2. The van der Waals surface area contributed by atoms with Gasteiger partial charge in [0, 0.05) is 18.9 Å². The molecular formula is C11H13N3OS. The summed E-state index contributed by atoms with van der Waals surface area (Å²) in [5.41, 5.74) is 0.0659. The zero-order valence-corrected chi connectivity index (χ0v) is 9.61. The minimum atomic E-state index is 0.0659. The van der Waals surface area contributed by atoms with Gasteiger partial charge in [-0.15, -0.1) is 11.3 Å². The normalized spacial score (nSPS) is 20.4. The van der Waals surface area contributed by atoms with E-state index in [-0.39, 0.29) is 5.69 Å². The van der Waals surface area contributed by atoms with E-state index < -0.39 is 0 Å². The second-order valence-corrected chi connectivity index (χ2v) is 4.88. The second kappa shape index (κ2) is 3.92. The predicted octanol–water partition coefficient (Wildman–Crippen LogP) is 1.23. The van der Waals surface area contributed by atoms with Gasteiger partial charge >= 0.3 is 5.69 Å². The summed E-state index contributed by atoms with van der Waals surface area (Å²) in [6, 6.07) is 4.23. The van der Waals surface area contributed by atoms with Crippen molar-refractivity contribution < 1.29 is 0 Å². The van der Waals surface area contributed by atoms with E-state index in [2.05, 4.69) is 5.32 Å². The molecule has 3 heterocycles. The fraction of sp³-hybridized carbons (Fsp3) is 0.364. The number of nitrogens with one attached hydrogen (secondary N) is 1. The Morgan fingerprint density at radius 3 is 3.06 bits per heavy atom. The van der Waals surface area contributed by atoms with E-state index in [9.17, 15) is 4.79 Å². The van der Waals surface area contributed by atoms with Crippen molar-refractivity contribution in [3.8, 4) is 5.00 Å². The van der Waals surface area contributed by atoms with Crippen LogP contribution in [0.3, 0.4) is 0 Å². The van der Waals surface area contributed by atoms with Crippen LogP contribution in [-0.4, -0.2) is 22.2 Å². The molecule has 84 valence electrons. The molecule has 1 atom stereocenters. The highest BCUT2D eigenvalue weighted by molar-refractivity contribution is 7.12. The van der Waals surface area contributed by atoms with Gasteiger partial charge in [0.2, 0.25) is 0 Å². The van der Waals surface area contributed by atoms with Crippen LogP contribution < -0.4 is 11.0 Å². The summed E-state index contributed by atoms with van der Waals surface area (Å²) in [4.78, 5) is 12.2. The summed E-state index contributed by atoms with van der Waals surface area (Å²) in [6.07, 6.45) is 4.78. The Kier molecular flexibility index (Phi) is 2.41. The molecule has 1 fully saturated rings. The predicted molar refractivity (Wildman–Crippen MR) is 64.4 cm³/mol. The molecule has 0 aliphatic carbocycles. The SMILES string of the molecule is O=c1n(-c2cccs2)ccn1C1CCNC1. The molecule has 0 aromatic carbocycles. The van der Waals surface area contributed by atoms with Gasteiger partial charge in [0.1, 0.15) is 5.00 Å². The first-order valence-corrected chi connectivity index (χ1v) is 6.28. The van der Waals surface area contributed by atoms with Crippen LogP contribution in [0.4, 0.5) is 0 Å². The van der Waals surface area contributed by atoms with Crippen molar-refractivity contribution >= 4 is 11.3 Å². The highest BCUT2D eigenvalue weighted by Crippen LogP contribution is 2.16. The van der Waals surface area contributed by atoms with Crippen molar-refractivity contribution in [1.29, 1.82) is 0 Å². The van der Waals surface area contributed by atoms with Crippen LogP contribution in [0.25, 0.3) is 5.00 Å². The van der Waals surface area contributed by atoms with E-state index >= 15 is 0 Å². The highest BCUT2D eigenvalue weighted by atomic mass is 32.1. The summed E-state index contributed by atoms with van der Waals surface area (Å²) in [5.74, 6) is 0. The van der Waals surface area contributed by atoms with Gasteiger partial charge in [0.25, 0.3) is 0 Å². The second-order valence-electron chi connectivity index (χ2n) is 3.96. The highest BCUT2D eigenvalue weighted by Gasteiger charge is 2.19. The van der Waals surface area contributed by atoms with Crippen molar-refractivity contribution in [2.75, 3.05) is 13.1 Å². The fourth-order valence-electron chi connectivity index (χ4n) is 2.12. The Hall–Kier alpha value is -1.33. The minimum absolute atomic E-state index is 0.0659. The zero-order chi connectivity index (χ0) is 11.0. The third kappa shape index (κ3) is 1.52. The summed E-state index contributed by atoms with van der Waals surface area (Å²) >= 11 is 1.58. The summed E-state index contributed by atoms with van der Waals surface area (Å²) in [6.45, 7) is 1.90. The van der Waals surface area contributed by atoms with Crippen molar-refractivity contribution in [3.05, 3.63) is 40.4 Å². The van der Waals surface area contributed by atoms with Crippen LogP contribution in [0, 0.1) is 0 Å². The molecule has 1 aliphatic rings. The molecule has 0 radical (unpaired) electrons. The quantitative estimate of drug-likeness (QED) is 0.850. The van der Waals surface area contributed by atoms with Gasteiger partial charge in [-0.2, -0.15) is 0 Å². The van der Waals surface area contributed by atoms with E-state index in [0.29, 0.717) is 6.04 Å². The van der Waals surface area contributed by atoms with Gasteiger partial charge in [-0.25, -0.2) is 4.79 Å². The Labute approximate surface area is 97.1 Å². The van der Waals surface area contributed by atoms with E-state index in [1.165, 1.54) is 0 Å². The fourth-order valence-corrected chi connectivity index (χ4v) is 2.83. The van der Waals surface area contributed by atoms with Gasteiger partial charge in [0.05, 0.1) is 6.04 Å². The third-order valence-electron chi connectivity index (χ3n) is 2.97. The van der Waals surface area contributed by atoms with Crippen LogP contribution in [-0.2, 0) is 0 Å². The molecule has 0 amide bonds. The van der Waals surface area contributed by atoms with Gasteiger partial charge in [-0.05, 0) is 30.5 Å². The standard InChI is InChI=1S/C11H13N3OS/c15-11-13(9-3-4-12-8-9)5-6-14(11)10-2-1-7-16-10/h1-2,5-7,9,12H,3-4,8H2. The first-order valence-electron chi connectivity index (χ1n) is 5.40. The van der Waals surface area contributed by atoms with Crippen LogP contribution in [0.15, 0.2) is 34.7 Å². The molecule has 2 aromatic heterocycles.